The van der Waals surface area contributed by atoms with Gasteiger partial charge < -0.3 is 10.4 Å². The van der Waals surface area contributed by atoms with Gasteiger partial charge in [0.15, 0.2) is 0 Å². The van der Waals surface area contributed by atoms with E-state index in [1.165, 1.54) is 12.1 Å². The van der Waals surface area contributed by atoms with Gasteiger partial charge in [0.25, 0.3) is 0 Å². The van der Waals surface area contributed by atoms with Crippen LogP contribution in [0.5, 0.6) is 0 Å². The summed E-state index contributed by atoms with van der Waals surface area (Å²) in [6.07, 6.45) is 0.253. The van der Waals surface area contributed by atoms with Gasteiger partial charge >= 0.3 is 5.69 Å². The molecule has 2 unspecified atom stereocenters. The third-order valence-corrected chi connectivity index (χ3v) is 4.01. The zero-order valence-electron chi connectivity index (χ0n) is 10.9. The van der Waals surface area contributed by atoms with Crippen molar-refractivity contribution in [3.8, 4) is 0 Å². The van der Waals surface area contributed by atoms with E-state index in [4.69, 9.17) is 0 Å². The molecule has 1 saturated carbocycles. The van der Waals surface area contributed by atoms with Crippen LogP contribution >= 0.6 is 0 Å². The van der Waals surface area contributed by atoms with Gasteiger partial charge in [-0.05, 0) is 6.42 Å². The highest BCUT2D eigenvalue weighted by Gasteiger charge is 2.46. The molecule has 0 radical (unpaired) electrons. The fraction of sp³-hybridized carbons (Fsp3) is 0.538. The maximum Gasteiger partial charge on any atom is 0.305 e. The number of hydrogen-bond acceptors (Lipinski definition) is 4. The number of aliphatic hydroxyl groups is 1. The highest BCUT2D eigenvalue weighted by molar-refractivity contribution is 5.36. The normalized spacial score (nSPS) is 24.8. The molecule has 0 aromatic heterocycles. The number of aliphatic hydroxyl groups excluding tert-OH is 1. The Balaban J connectivity index is 2.05. The fourth-order valence-corrected chi connectivity index (χ4v) is 2.33. The largest absolute Gasteiger partial charge is 0.392 e. The van der Waals surface area contributed by atoms with Crippen LogP contribution in [0.1, 0.15) is 25.8 Å². The summed E-state index contributed by atoms with van der Waals surface area (Å²) in [6, 6.07) is 4.23. The highest BCUT2D eigenvalue weighted by atomic mass is 19.1. The van der Waals surface area contributed by atoms with Gasteiger partial charge in [-0.3, -0.25) is 10.1 Å². The van der Waals surface area contributed by atoms with Crippen molar-refractivity contribution < 1.29 is 14.4 Å². The average molecular weight is 268 g/mol. The van der Waals surface area contributed by atoms with E-state index in [2.05, 4.69) is 5.32 Å². The molecule has 6 heteroatoms. The van der Waals surface area contributed by atoms with Crippen molar-refractivity contribution in [1.82, 2.24) is 5.32 Å². The number of hydrogen-bond donors (Lipinski definition) is 2. The van der Waals surface area contributed by atoms with Gasteiger partial charge in [0.2, 0.25) is 5.82 Å². The molecule has 0 bridgehead atoms. The van der Waals surface area contributed by atoms with Gasteiger partial charge in [-0.1, -0.05) is 26.0 Å². The van der Waals surface area contributed by atoms with Crippen molar-refractivity contribution in [2.75, 3.05) is 0 Å². The maximum absolute atomic E-state index is 13.8. The molecule has 19 heavy (non-hydrogen) atoms. The van der Waals surface area contributed by atoms with E-state index in [1.807, 2.05) is 13.8 Å². The first-order valence-corrected chi connectivity index (χ1v) is 6.17. The summed E-state index contributed by atoms with van der Waals surface area (Å²) in [4.78, 5) is 9.91. The van der Waals surface area contributed by atoms with Gasteiger partial charge in [0.1, 0.15) is 0 Å². The monoisotopic (exact) mass is 268 g/mol. The van der Waals surface area contributed by atoms with Crippen LogP contribution in [0.25, 0.3) is 0 Å². The first-order valence-electron chi connectivity index (χ1n) is 6.17. The van der Waals surface area contributed by atoms with Crippen LogP contribution in [0.2, 0.25) is 0 Å². The Bertz CT molecular complexity index is 505. The van der Waals surface area contributed by atoms with Crippen molar-refractivity contribution in [2.45, 2.75) is 39.0 Å². The summed E-state index contributed by atoms with van der Waals surface area (Å²) >= 11 is 0. The minimum Gasteiger partial charge on any atom is -0.392 e. The third-order valence-electron chi connectivity index (χ3n) is 4.01. The molecule has 104 valence electrons. The van der Waals surface area contributed by atoms with Crippen molar-refractivity contribution in [1.29, 1.82) is 0 Å². The van der Waals surface area contributed by atoms with Crippen LogP contribution in [0, 0.1) is 21.3 Å². The number of nitro benzene ring substituents is 1. The maximum atomic E-state index is 13.8. The van der Waals surface area contributed by atoms with Gasteiger partial charge in [-0.15, -0.1) is 0 Å². The number of nitro groups is 1. The van der Waals surface area contributed by atoms with Gasteiger partial charge in [-0.2, -0.15) is 4.39 Å². The Morgan fingerprint density at radius 3 is 2.79 bits per heavy atom. The van der Waals surface area contributed by atoms with E-state index in [9.17, 15) is 19.6 Å². The number of rotatable bonds is 4. The Kier molecular flexibility index (Phi) is 3.56. The molecule has 0 aliphatic heterocycles. The van der Waals surface area contributed by atoms with E-state index in [0.717, 1.165) is 6.07 Å². The van der Waals surface area contributed by atoms with Gasteiger partial charge in [-0.25, -0.2) is 0 Å². The minimum absolute atomic E-state index is 0.0844. The van der Waals surface area contributed by atoms with E-state index in [1.54, 1.807) is 0 Å². The zero-order valence-corrected chi connectivity index (χ0v) is 10.9. The molecule has 2 rings (SSSR count). The van der Waals surface area contributed by atoms with Crippen molar-refractivity contribution in [2.24, 2.45) is 5.41 Å². The number of halogens is 1. The van der Waals surface area contributed by atoms with E-state index < -0.39 is 16.4 Å². The Morgan fingerprint density at radius 1 is 1.58 bits per heavy atom. The minimum atomic E-state index is -0.794. The summed E-state index contributed by atoms with van der Waals surface area (Å²) in [5.41, 5.74) is -0.490. The molecule has 2 atom stereocenters. The molecule has 0 spiro atoms. The number of nitrogens with zero attached hydrogens (tertiary/aromatic N) is 1. The molecule has 2 N–H and O–H groups in total. The second-order valence-corrected chi connectivity index (χ2v) is 5.51. The van der Waals surface area contributed by atoms with Crippen LogP contribution < -0.4 is 5.32 Å². The molecule has 0 amide bonds. The molecule has 5 nitrogen and oxygen atoms in total. The summed E-state index contributed by atoms with van der Waals surface area (Å²) in [7, 11) is 0. The lowest BCUT2D eigenvalue weighted by Gasteiger charge is -2.49. The number of benzene rings is 1. The highest BCUT2D eigenvalue weighted by Crippen LogP contribution is 2.40. The van der Waals surface area contributed by atoms with E-state index in [0.29, 0.717) is 6.42 Å². The smallest absolute Gasteiger partial charge is 0.305 e. The Morgan fingerprint density at radius 2 is 2.26 bits per heavy atom. The van der Waals surface area contributed by atoms with Crippen LogP contribution in [0.15, 0.2) is 18.2 Å². The van der Waals surface area contributed by atoms with Crippen molar-refractivity contribution >= 4 is 5.69 Å². The lowest BCUT2D eigenvalue weighted by molar-refractivity contribution is -0.387. The Labute approximate surface area is 110 Å². The standard InChI is InChI=1S/C13H17FN2O3/c1-13(2)10(6-11(13)17)15-7-8-4-3-5-9(12(8)14)16(18)19/h3-5,10-11,15,17H,6-7H2,1-2H3. The summed E-state index contributed by atoms with van der Waals surface area (Å²) in [5, 5.41) is 23.4. The lowest BCUT2D eigenvalue weighted by atomic mass is 9.64. The van der Waals surface area contributed by atoms with E-state index in [-0.39, 0.29) is 29.7 Å². The molecule has 1 fully saturated rings. The summed E-state index contributed by atoms with van der Waals surface area (Å²) in [6.45, 7) is 4.08. The summed E-state index contributed by atoms with van der Waals surface area (Å²) < 4.78 is 13.8. The average Bonchev–Trinajstić information content (AvgIpc) is 2.35. The molecular weight excluding hydrogens is 251 g/mol. The second-order valence-electron chi connectivity index (χ2n) is 5.51. The van der Waals surface area contributed by atoms with E-state index >= 15 is 0 Å². The van der Waals surface area contributed by atoms with Crippen LogP contribution in [0.4, 0.5) is 10.1 Å². The molecule has 1 aliphatic rings. The lowest BCUT2D eigenvalue weighted by Crippen LogP contribution is -2.59. The van der Waals surface area contributed by atoms with Crippen LogP contribution in [-0.2, 0) is 6.54 Å². The fourth-order valence-electron chi connectivity index (χ4n) is 2.33. The topological polar surface area (TPSA) is 75.4 Å². The van der Waals surface area contributed by atoms with Crippen molar-refractivity contribution in [3.63, 3.8) is 0 Å². The second kappa shape index (κ2) is 4.86. The Hall–Kier alpha value is -1.53. The molecule has 1 aliphatic carbocycles. The van der Waals surface area contributed by atoms with Gasteiger partial charge in [0.05, 0.1) is 11.0 Å². The molecular formula is C13H17FN2O3. The summed E-state index contributed by atoms with van der Waals surface area (Å²) in [5.74, 6) is -0.794. The third kappa shape index (κ3) is 2.46. The molecule has 0 heterocycles. The zero-order chi connectivity index (χ0) is 14.2. The molecule has 1 aromatic carbocycles. The first-order chi connectivity index (χ1) is 8.84. The molecule has 1 aromatic rings. The van der Waals surface area contributed by atoms with Crippen molar-refractivity contribution in [3.05, 3.63) is 39.7 Å². The predicted octanol–water partition coefficient (Wildman–Crippen LogP) is 1.98. The quantitative estimate of drug-likeness (QED) is 0.646. The molecule has 0 saturated heterocycles. The predicted molar refractivity (Wildman–Crippen MR) is 68.1 cm³/mol. The van der Waals surface area contributed by atoms with Crippen LogP contribution in [-0.4, -0.2) is 22.2 Å². The SMILES string of the molecule is CC1(C)C(O)CC1NCc1cccc([N+](=O)[O-])c1F. The first kappa shape index (κ1) is 13.9. The number of nitrogens with one attached hydrogen (secondary N) is 1. The van der Waals surface area contributed by atoms with Crippen LogP contribution in [0.3, 0.4) is 0 Å². The van der Waals surface area contributed by atoms with Gasteiger partial charge in [0, 0.05) is 29.6 Å².